The van der Waals surface area contributed by atoms with Crippen LogP contribution in [-0.2, 0) is 29.1 Å². The minimum absolute atomic E-state index is 0.526. The Morgan fingerprint density at radius 3 is 1.28 bits per heavy atom. The van der Waals surface area contributed by atoms with Gasteiger partial charge in [-0.05, 0) is 25.0 Å². The first-order valence-corrected chi connectivity index (χ1v) is 8.34. The van der Waals surface area contributed by atoms with Crippen molar-refractivity contribution in [3.05, 3.63) is 57.6 Å². The lowest BCUT2D eigenvalue weighted by molar-refractivity contribution is 0.181. The topological polar surface area (TPSA) is 36.9 Å². The second-order valence-corrected chi connectivity index (χ2v) is 6.28. The molecule has 2 rings (SSSR count). The highest BCUT2D eigenvalue weighted by Crippen LogP contribution is 2.33. The third-order valence-corrected chi connectivity index (χ3v) is 4.16. The zero-order valence-corrected chi connectivity index (χ0v) is 16.1. The highest BCUT2D eigenvalue weighted by atomic mass is 16.5. The molecule has 0 bridgehead atoms. The second kappa shape index (κ2) is 8.88. The fraction of sp³-hybridized carbons (Fsp3) is 0.429. The van der Waals surface area contributed by atoms with Crippen molar-refractivity contribution in [1.29, 1.82) is 0 Å². The minimum Gasteiger partial charge on any atom is -0.496 e. The van der Waals surface area contributed by atoms with Crippen molar-refractivity contribution in [3.63, 3.8) is 0 Å². The maximum Gasteiger partial charge on any atom is 0.127 e. The molecule has 0 atom stereocenters. The largest absolute Gasteiger partial charge is 0.496 e. The first-order valence-electron chi connectivity index (χ1n) is 8.34. The fourth-order valence-electron chi connectivity index (χ4n) is 3.37. The van der Waals surface area contributed by atoms with Crippen LogP contribution in [0.2, 0.25) is 0 Å². The monoisotopic (exact) mass is 344 g/mol. The molecular weight excluding hydrogens is 316 g/mol. The molecule has 0 saturated heterocycles. The van der Waals surface area contributed by atoms with Gasteiger partial charge < -0.3 is 18.9 Å². The van der Waals surface area contributed by atoms with Gasteiger partial charge in [-0.1, -0.05) is 35.4 Å². The standard InChI is InChI=1S/C21H28O4/c1-14-7-16(20(24-5)18(9-14)12-22-3)11-17-8-15(2)10-19(13-23-4)21(17)25-6/h7-10H,11-13H2,1-6H3. The third-order valence-electron chi connectivity index (χ3n) is 4.16. The number of aryl methyl sites for hydroxylation is 2. The molecule has 0 aromatic heterocycles. The Labute approximate surface area is 150 Å². The summed E-state index contributed by atoms with van der Waals surface area (Å²) in [6.07, 6.45) is 0.725. The van der Waals surface area contributed by atoms with E-state index in [4.69, 9.17) is 18.9 Å². The fourth-order valence-corrected chi connectivity index (χ4v) is 3.37. The van der Waals surface area contributed by atoms with Crippen molar-refractivity contribution in [3.8, 4) is 11.5 Å². The van der Waals surface area contributed by atoms with Crippen molar-refractivity contribution >= 4 is 0 Å². The van der Waals surface area contributed by atoms with Crippen LogP contribution >= 0.6 is 0 Å². The maximum atomic E-state index is 5.69. The van der Waals surface area contributed by atoms with Crippen LogP contribution in [-0.4, -0.2) is 28.4 Å². The molecule has 4 heteroatoms. The summed E-state index contributed by atoms with van der Waals surface area (Å²) in [6, 6.07) is 8.54. The molecule has 0 aliphatic carbocycles. The average Bonchev–Trinajstić information content (AvgIpc) is 2.55. The lowest BCUT2D eigenvalue weighted by Crippen LogP contribution is -2.04. The van der Waals surface area contributed by atoms with Crippen molar-refractivity contribution in [2.24, 2.45) is 0 Å². The number of ether oxygens (including phenoxy) is 4. The molecule has 0 aliphatic heterocycles. The van der Waals surface area contributed by atoms with Crippen LogP contribution in [0.15, 0.2) is 24.3 Å². The summed E-state index contributed by atoms with van der Waals surface area (Å²) in [6.45, 7) is 5.23. The lowest BCUT2D eigenvalue weighted by atomic mass is 9.95. The summed E-state index contributed by atoms with van der Waals surface area (Å²) in [5.74, 6) is 1.76. The summed E-state index contributed by atoms with van der Waals surface area (Å²) in [5, 5.41) is 0. The number of methoxy groups -OCH3 is 4. The second-order valence-electron chi connectivity index (χ2n) is 6.28. The number of hydrogen-bond acceptors (Lipinski definition) is 4. The smallest absolute Gasteiger partial charge is 0.127 e. The van der Waals surface area contributed by atoms with Gasteiger partial charge in [0.25, 0.3) is 0 Å². The molecule has 0 fully saturated rings. The van der Waals surface area contributed by atoms with Crippen LogP contribution in [0.3, 0.4) is 0 Å². The highest BCUT2D eigenvalue weighted by Gasteiger charge is 2.16. The van der Waals surface area contributed by atoms with E-state index in [1.165, 1.54) is 11.1 Å². The first-order chi connectivity index (χ1) is 12.0. The quantitative estimate of drug-likeness (QED) is 0.719. The highest BCUT2D eigenvalue weighted by molar-refractivity contribution is 5.51. The van der Waals surface area contributed by atoms with Crippen molar-refractivity contribution < 1.29 is 18.9 Å². The summed E-state index contributed by atoms with van der Waals surface area (Å²) in [5.41, 5.74) is 6.74. The van der Waals surface area contributed by atoms with Gasteiger partial charge in [-0.3, -0.25) is 0 Å². The van der Waals surface area contributed by atoms with E-state index in [0.717, 1.165) is 40.2 Å². The Balaban J connectivity index is 2.52. The SMILES string of the molecule is COCc1cc(C)cc(Cc2cc(C)cc(COC)c2OC)c1OC. The van der Waals surface area contributed by atoms with Crippen molar-refractivity contribution in [2.75, 3.05) is 28.4 Å². The number of hydrogen-bond donors (Lipinski definition) is 0. The van der Waals surface area contributed by atoms with E-state index in [-0.39, 0.29) is 0 Å². The molecule has 2 aromatic carbocycles. The van der Waals surface area contributed by atoms with E-state index < -0.39 is 0 Å². The molecule has 0 aliphatic rings. The molecule has 0 saturated carbocycles. The van der Waals surface area contributed by atoms with Gasteiger partial charge in [0.1, 0.15) is 11.5 Å². The van der Waals surface area contributed by atoms with Crippen LogP contribution in [0, 0.1) is 13.8 Å². The molecule has 0 unspecified atom stereocenters. The van der Waals surface area contributed by atoms with Crippen LogP contribution in [0.25, 0.3) is 0 Å². The van der Waals surface area contributed by atoms with Crippen LogP contribution < -0.4 is 9.47 Å². The van der Waals surface area contributed by atoms with Crippen molar-refractivity contribution in [2.45, 2.75) is 33.5 Å². The summed E-state index contributed by atoms with van der Waals surface area (Å²) in [7, 11) is 6.80. The van der Waals surface area contributed by atoms with Crippen molar-refractivity contribution in [1.82, 2.24) is 0 Å². The zero-order chi connectivity index (χ0) is 18.4. The predicted molar refractivity (Wildman–Crippen MR) is 99.7 cm³/mol. The molecule has 0 radical (unpaired) electrons. The Bertz CT molecular complexity index is 661. The Kier molecular flexibility index (Phi) is 6.85. The molecule has 0 N–H and O–H groups in total. The molecule has 136 valence electrons. The number of rotatable bonds is 8. The Hall–Kier alpha value is -2.04. The molecular formula is C21H28O4. The average molecular weight is 344 g/mol. The Morgan fingerprint density at radius 2 is 0.960 bits per heavy atom. The van der Waals surface area contributed by atoms with Gasteiger partial charge in [0.05, 0.1) is 27.4 Å². The van der Waals surface area contributed by atoms with Gasteiger partial charge in [-0.25, -0.2) is 0 Å². The van der Waals surface area contributed by atoms with E-state index in [1.807, 2.05) is 0 Å². The lowest BCUT2D eigenvalue weighted by Gasteiger charge is -2.18. The molecule has 0 spiro atoms. The first kappa shape index (κ1) is 19.3. The summed E-state index contributed by atoms with van der Waals surface area (Å²) >= 11 is 0. The number of benzene rings is 2. The molecule has 4 nitrogen and oxygen atoms in total. The van der Waals surface area contributed by atoms with Gasteiger partial charge in [0, 0.05) is 31.8 Å². The zero-order valence-electron chi connectivity index (χ0n) is 16.1. The normalized spacial score (nSPS) is 10.8. The van der Waals surface area contributed by atoms with Crippen LogP contribution in [0.1, 0.15) is 33.4 Å². The summed E-state index contributed by atoms with van der Waals surface area (Å²) < 4.78 is 22.0. The van der Waals surface area contributed by atoms with Gasteiger partial charge in [0.2, 0.25) is 0 Å². The molecule has 2 aromatic rings. The molecule has 0 heterocycles. The van der Waals surface area contributed by atoms with E-state index in [1.54, 1.807) is 28.4 Å². The van der Waals surface area contributed by atoms with E-state index in [2.05, 4.69) is 38.1 Å². The van der Waals surface area contributed by atoms with Crippen LogP contribution in [0.4, 0.5) is 0 Å². The minimum atomic E-state index is 0.526. The van der Waals surface area contributed by atoms with E-state index in [9.17, 15) is 0 Å². The van der Waals surface area contributed by atoms with Gasteiger partial charge in [-0.2, -0.15) is 0 Å². The van der Waals surface area contributed by atoms with Gasteiger partial charge in [0.15, 0.2) is 0 Å². The van der Waals surface area contributed by atoms with E-state index >= 15 is 0 Å². The summed E-state index contributed by atoms with van der Waals surface area (Å²) in [4.78, 5) is 0. The van der Waals surface area contributed by atoms with Crippen LogP contribution in [0.5, 0.6) is 11.5 Å². The Morgan fingerprint density at radius 1 is 0.600 bits per heavy atom. The third kappa shape index (κ3) is 4.53. The molecule has 0 amide bonds. The predicted octanol–water partition coefficient (Wildman–Crippen LogP) is 4.20. The van der Waals surface area contributed by atoms with Gasteiger partial charge >= 0.3 is 0 Å². The molecule has 25 heavy (non-hydrogen) atoms. The maximum absolute atomic E-state index is 5.69. The van der Waals surface area contributed by atoms with Gasteiger partial charge in [-0.15, -0.1) is 0 Å². The van der Waals surface area contributed by atoms with E-state index in [0.29, 0.717) is 13.2 Å².